The van der Waals surface area contributed by atoms with Crippen LogP contribution in [0.3, 0.4) is 0 Å². The van der Waals surface area contributed by atoms with E-state index in [2.05, 4.69) is 26.2 Å². The summed E-state index contributed by atoms with van der Waals surface area (Å²) in [6.45, 7) is 6.80. The van der Waals surface area contributed by atoms with Gasteiger partial charge in [0.25, 0.3) is 0 Å². The number of fused-ring (bicyclic) bond motifs is 2. The predicted molar refractivity (Wildman–Crippen MR) is 177 cm³/mol. The number of aryl methyl sites for hydroxylation is 2. The number of rotatable bonds is 7. The minimum Gasteiger partial charge on any atom is -0.870 e. The molecule has 13 nitrogen and oxygen atoms in total. The molecule has 0 amide bonds. The Bertz CT molecular complexity index is 2200. The number of pyridine rings is 2. The van der Waals surface area contributed by atoms with Crippen molar-refractivity contribution in [3.63, 3.8) is 0 Å². The van der Waals surface area contributed by atoms with Crippen LogP contribution < -0.4 is 29.6 Å². The van der Waals surface area contributed by atoms with E-state index >= 15 is 0 Å². The Morgan fingerprint density at radius 1 is 0.796 bits per heavy atom. The van der Waals surface area contributed by atoms with Gasteiger partial charge in [0.2, 0.25) is 0 Å². The molecule has 0 saturated heterocycles. The third kappa shape index (κ3) is 9.56. The van der Waals surface area contributed by atoms with Crippen molar-refractivity contribution in [3.8, 4) is 12.1 Å². The fraction of sp³-hybridized carbons (Fsp3) is 0.200. The van der Waals surface area contributed by atoms with E-state index in [4.69, 9.17) is 20.4 Å². The van der Waals surface area contributed by atoms with Crippen molar-refractivity contribution in [3.05, 3.63) is 118 Å². The fourth-order valence-corrected chi connectivity index (χ4v) is 4.84. The number of carbonyl (C=O) groups excluding carboxylic acids is 1. The second kappa shape index (κ2) is 17.6. The predicted octanol–water partition coefficient (Wildman–Crippen LogP) is 2.66. The first-order valence-corrected chi connectivity index (χ1v) is 14.2. The van der Waals surface area contributed by atoms with Crippen molar-refractivity contribution in [2.75, 3.05) is 6.61 Å². The van der Waals surface area contributed by atoms with Crippen LogP contribution in [-0.2, 0) is 17.8 Å². The summed E-state index contributed by atoms with van der Waals surface area (Å²) in [7, 11) is 0. The number of carbonyl (C=O) groups is 2. The summed E-state index contributed by atoms with van der Waals surface area (Å²) in [6, 6.07) is 19.6. The molecule has 2 N–H and O–H groups in total. The van der Waals surface area contributed by atoms with Crippen LogP contribution in [0.15, 0.2) is 73.3 Å². The monoisotopic (exact) mass is 668 g/mol. The first-order chi connectivity index (χ1) is 22.2. The van der Waals surface area contributed by atoms with Gasteiger partial charge in [0.15, 0.2) is 11.4 Å². The Kier molecular flexibility index (Phi) is 14.3. The Balaban J connectivity index is 0.000000321. The molecule has 2 aromatic carbocycles. The molecule has 14 heteroatoms. The molecule has 0 unspecified atom stereocenters. The van der Waals surface area contributed by atoms with Crippen molar-refractivity contribution in [2.24, 2.45) is 0 Å². The number of aromatic carboxylic acids is 1. The zero-order chi connectivity index (χ0) is 32.8. The number of esters is 1. The van der Waals surface area contributed by atoms with Crippen molar-refractivity contribution in [1.82, 2.24) is 29.5 Å². The molecule has 4 heterocycles. The van der Waals surface area contributed by atoms with Crippen molar-refractivity contribution >= 4 is 33.7 Å². The first kappa shape index (κ1) is 39.7. The molecule has 4 aromatic heterocycles. The number of nitriles is 2. The van der Waals surface area contributed by atoms with Crippen LogP contribution in [0.5, 0.6) is 0 Å². The topological polar surface area (TPSA) is 203 Å². The Morgan fingerprint density at radius 3 is 1.65 bits per heavy atom. The van der Waals surface area contributed by atoms with Crippen LogP contribution in [-0.4, -0.2) is 58.7 Å². The number of benzene rings is 2. The fourth-order valence-electron chi connectivity index (χ4n) is 4.84. The number of ether oxygens (including phenoxy) is 1. The molecule has 0 aliphatic rings. The minimum absolute atomic E-state index is 0. The molecule has 0 fully saturated rings. The molecule has 0 radical (unpaired) electrons. The van der Waals surface area contributed by atoms with Gasteiger partial charge in [-0.25, -0.2) is 9.59 Å². The van der Waals surface area contributed by atoms with Gasteiger partial charge in [0.1, 0.15) is 23.3 Å². The SMILES string of the molecule is C.CCOC(=O)c1cn(Cc2ccc3ncc(C)cc3c2)nc1C#N.Cc1cnc2ccc(Cn3cc(C(=O)O)c(C#N)n3)cc2c1.[Na+].[OH-]. The number of hydrogen-bond acceptors (Lipinski definition) is 10. The summed E-state index contributed by atoms with van der Waals surface area (Å²) < 4.78 is 8.00. The molecule has 0 spiro atoms. The molecular weight excluding hydrogens is 635 g/mol. The van der Waals surface area contributed by atoms with Crippen molar-refractivity contribution in [1.29, 1.82) is 10.5 Å². The molecular formula is C35H33N8NaO5. The van der Waals surface area contributed by atoms with E-state index < -0.39 is 11.9 Å². The summed E-state index contributed by atoms with van der Waals surface area (Å²) in [4.78, 5) is 31.6. The summed E-state index contributed by atoms with van der Waals surface area (Å²) in [6.07, 6.45) is 6.57. The van der Waals surface area contributed by atoms with E-state index in [-0.39, 0.29) is 71.6 Å². The standard InChI is InChI=1S/C18H16N4O2.C16H12N4O2.CH4.Na.H2O/c1-3-24-18(23)15-11-22(21-17(15)8-19)10-13-4-5-16-14(7-13)6-12(2)9-20-16;1-10-4-12-5-11(2-3-14(12)18-7-10)8-20-9-13(16(21)22)15(6-17)19-20;;;/h4-7,9,11H,3,10H2,1-2H3;2-5,7,9H,8H2,1H3,(H,21,22);1H4;;1H2/q;;;+1;/p-1. The zero-order valence-corrected chi connectivity index (χ0v) is 28.7. The van der Waals surface area contributed by atoms with Gasteiger partial charge in [-0.05, 0) is 79.4 Å². The van der Waals surface area contributed by atoms with Crippen molar-refractivity contribution in [2.45, 2.75) is 41.3 Å². The summed E-state index contributed by atoms with van der Waals surface area (Å²) in [5.41, 5.74) is 6.07. The molecule has 0 aliphatic heterocycles. The summed E-state index contributed by atoms with van der Waals surface area (Å²) >= 11 is 0. The van der Waals surface area contributed by atoms with E-state index in [9.17, 15) is 9.59 Å². The van der Waals surface area contributed by atoms with Crippen LogP contribution in [0.25, 0.3) is 21.8 Å². The maximum Gasteiger partial charge on any atom is 1.00 e. The summed E-state index contributed by atoms with van der Waals surface area (Å²) in [5, 5.41) is 37.3. The molecule has 0 bridgehead atoms. The molecule has 49 heavy (non-hydrogen) atoms. The first-order valence-electron chi connectivity index (χ1n) is 14.2. The Morgan fingerprint density at radius 2 is 1.24 bits per heavy atom. The smallest absolute Gasteiger partial charge is 0.870 e. The van der Waals surface area contributed by atoms with Gasteiger partial charge in [0.05, 0.1) is 30.7 Å². The number of hydrogen-bond donors (Lipinski definition) is 1. The molecule has 0 saturated carbocycles. The van der Waals surface area contributed by atoms with E-state index in [1.807, 2.05) is 74.8 Å². The quantitative estimate of drug-likeness (QED) is 0.193. The largest absolute Gasteiger partial charge is 1.00 e. The normalized spacial score (nSPS) is 9.90. The molecule has 0 atom stereocenters. The molecule has 0 aliphatic carbocycles. The van der Waals surface area contributed by atoms with E-state index in [1.54, 1.807) is 23.9 Å². The third-order valence-corrected chi connectivity index (χ3v) is 6.91. The average Bonchev–Trinajstić information content (AvgIpc) is 3.65. The maximum atomic E-state index is 11.9. The van der Waals surface area contributed by atoms with Crippen LogP contribution in [0.1, 0.15) is 68.7 Å². The number of nitrogens with zero attached hydrogens (tertiary/aromatic N) is 8. The number of carboxylic acids is 1. The zero-order valence-electron chi connectivity index (χ0n) is 26.7. The number of carboxylic acid groups (broad SMARTS) is 1. The minimum atomic E-state index is -1.15. The number of aromatic nitrogens is 6. The van der Waals surface area contributed by atoms with Gasteiger partial charge in [-0.15, -0.1) is 0 Å². The average molecular weight is 669 g/mol. The Labute approximate surface area is 305 Å². The van der Waals surface area contributed by atoms with E-state index in [1.165, 1.54) is 10.9 Å². The summed E-state index contributed by atoms with van der Waals surface area (Å²) in [5.74, 6) is -1.68. The van der Waals surface area contributed by atoms with Crippen LogP contribution in [0, 0.1) is 36.5 Å². The molecule has 6 rings (SSSR count). The van der Waals surface area contributed by atoms with Gasteiger partial charge in [0, 0.05) is 35.6 Å². The molecule has 244 valence electrons. The second-order valence-corrected chi connectivity index (χ2v) is 10.5. The van der Waals surface area contributed by atoms with Crippen LogP contribution in [0.4, 0.5) is 0 Å². The molecule has 6 aromatic rings. The third-order valence-electron chi connectivity index (χ3n) is 6.91. The van der Waals surface area contributed by atoms with Gasteiger partial charge in [-0.3, -0.25) is 19.3 Å². The van der Waals surface area contributed by atoms with Crippen LogP contribution in [0.2, 0.25) is 0 Å². The van der Waals surface area contributed by atoms with E-state index in [0.29, 0.717) is 13.1 Å². The Hall–Kier alpha value is -5.44. The van der Waals surface area contributed by atoms with Gasteiger partial charge in [-0.2, -0.15) is 20.7 Å². The van der Waals surface area contributed by atoms with E-state index in [0.717, 1.165) is 44.1 Å². The van der Waals surface area contributed by atoms with Gasteiger partial charge < -0.3 is 15.3 Å². The van der Waals surface area contributed by atoms with Crippen molar-refractivity contribution < 1.29 is 54.5 Å². The second-order valence-electron chi connectivity index (χ2n) is 10.5. The van der Waals surface area contributed by atoms with Crippen LogP contribution >= 0.6 is 0 Å². The van der Waals surface area contributed by atoms with Gasteiger partial charge >= 0.3 is 41.5 Å². The maximum absolute atomic E-state index is 11.9. The van der Waals surface area contributed by atoms with Gasteiger partial charge in [-0.1, -0.05) is 19.6 Å².